The summed E-state index contributed by atoms with van der Waals surface area (Å²) in [5.74, 6) is 1.31. The number of rotatable bonds is 7. The van der Waals surface area contributed by atoms with E-state index in [0.717, 1.165) is 27.6 Å². The van der Waals surface area contributed by atoms with E-state index >= 15 is 0 Å². The molecule has 0 spiro atoms. The van der Waals surface area contributed by atoms with Gasteiger partial charge in [-0.15, -0.1) is 11.8 Å². The highest BCUT2D eigenvalue weighted by atomic mass is 35.5. The quantitative estimate of drug-likeness (QED) is 0.590. The van der Waals surface area contributed by atoms with E-state index in [2.05, 4.69) is 10.1 Å². The van der Waals surface area contributed by atoms with Crippen molar-refractivity contribution in [2.75, 3.05) is 12.8 Å². The van der Waals surface area contributed by atoms with Gasteiger partial charge in [0.25, 0.3) is 0 Å². The second kappa shape index (κ2) is 9.06. The topological polar surface area (TPSA) is 51.0 Å². The van der Waals surface area contributed by atoms with Crippen molar-refractivity contribution in [3.05, 3.63) is 77.3 Å². The van der Waals surface area contributed by atoms with Gasteiger partial charge in [-0.1, -0.05) is 35.9 Å². The summed E-state index contributed by atoms with van der Waals surface area (Å²) >= 11 is 7.59. The summed E-state index contributed by atoms with van der Waals surface area (Å²) in [6, 6.07) is 15.7. The summed E-state index contributed by atoms with van der Waals surface area (Å²) in [7, 11) is 1.85. The fourth-order valence-corrected chi connectivity index (χ4v) is 3.78. The molecule has 0 aliphatic carbocycles. The van der Waals surface area contributed by atoms with Crippen LogP contribution in [0.3, 0.4) is 0 Å². The van der Waals surface area contributed by atoms with E-state index in [0.29, 0.717) is 5.75 Å². The van der Waals surface area contributed by atoms with Gasteiger partial charge in [-0.25, -0.2) is 9.67 Å². The van der Waals surface area contributed by atoms with Gasteiger partial charge in [0.2, 0.25) is 5.91 Å². The molecule has 0 saturated heterocycles. The third-order valence-electron chi connectivity index (χ3n) is 4.42. The van der Waals surface area contributed by atoms with Crippen LogP contribution in [0, 0.1) is 0 Å². The fraction of sp³-hybridized carbons (Fsp3) is 0.250. The number of aromatic nitrogens is 3. The van der Waals surface area contributed by atoms with Gasteiger partial charge in [0, 0.05) is 17.8 Å². The lowest BCUT2D eigenvalue weighted by atomic mass is 10.1. The second-order valence-corrected chi connectivity index (χ2v) is 7.66. The third-order valence-corrected chi connectivity index (χ3v) is 5.64. The Morgan fingerprint density at radius 2 is 2.04 bits per heavy atom. The van der Waals surface area contributed by atoms with E-state index in [-0.39, 0.29) is 11.9 Å². The minimum absolute atomic E-state index is 0.00549. The molecule has 2 aromatic carbocycles. The van der Waals surface area contributed by atoms with Gasteiger partial charge in [0.15, 0.2) is 0 Å². The lowest BCUT2D eigenvalue weighted by Crippen LogP contribution is -2.31. The molecule has 0 unspecified atom stereocenters. The van der Waals surface area contributed by atoms with Gasteiger partial charge in [0.1, 0.15) is 12.7 Å². The first-order chi connectivity index (χ1) is 13.0. The first kappa shape index (κ1) is 19.5. The van der Waals surface area contributed by atoms with Crippen LogP contribution in [0.4, 0.5) is 0 Å². The van der Waals surface area contributed by atoms with Crippen molar-refractivity contribution in [2.45, 2.75) is 18.7 Å². The summed E-state index contributed by atoms with van der Waals surface area (Å²) in [6.07, 6.45) is 3.16. The number of halogens is 1. The van der Waals surface area contributed by atoms with E-state index in [1.165, 1.54) is 6.33 Å². The highest BCUT2D eigenvalue weighted by Gasteiger charge is 2.17. The molecule has 0 aliphatic rings. The average molecular weight is 401 g/mol. The molecule has 1 aromatic heterocycles. The summed E-state index contributed by atoms with van der Waals surface area (Å²) in [5, 5.41) is 4.84. The van der Waals surface area contributed by atoms with Gasteiger partial charge < -0.3 is 4.90 Å². The minimum atomic E-state index is -0.00549. The monoisotopic (exact) mass is 400 g/mol. The third kappa shape index (κ3) is 5.11. The molecule has 1 amide bonds. The van der Waals surface area contributed by atoms with E-state index < -0.39 is 0 Å². The molecule has 140 valence electrons. The van der Waals surface area contributed by atoms with Crippen LogP contribution in [-0.4, -0.2) is 38.4 Å². The van der Waals surface area contributed by atoms with Crippen molar-refractivity contribution >= 4 is 29.3 Å². The number of benzene rings is 2. The van der Waals surface area contributed by atoms with E-state index in [9.17, 15) is 4.79 Å². The van der Waals surface area contributed by atoms with Gasteiger partial charge in [-0.3, -0.25) is 4.79 Å². The summed E-state index contributed by atoms with van der Waals surface area (Å²) < 4.78 is 1.70. The lowest BCUT2D eigenvalue weighted by molar-refractivity contribution is -0.128. The average Bonchev–Trinajstić information content (AvgIpc) is 3.22. The minimum Gasteiger partial charge on any atom is -0.338 e. The largest absolute Gasteiger partial charge is 0.338 e. The van der Waals surface area contributed by atoms with E-state index in [4.69, 9.17) is 11.6 Å². The molecule has 0 N–H and O–H groups in total. The van der Waals surface area contributed by atoms with Crippen molar-refractivity contribution in [1.82, 2.24) is 19.7 Å². The Morgan fingerprint density at radius 3 is 2.70 bits per heavy atom. The molecule has 1 atom stereocenters. The molecular formula is C20H21ClN4OS. The highest BCUT2D eigenvalue weighted by Crippen LogP contribution is 2.22. The van der Waals surface area contributed by atoms with Gasteiger partial charge in [-0.2, -0.15) is 5.10 Å². The number of hydrogen-bond acceptors (Lipinski definition) is 4. The maximum atomic E-state index is 12.5. The van der Waals surface area contributed by atoms with Crippen LogP contribution in [0.15, 0.2) is 61.2 Å². The molecule has 0 aliphatic heterocycles. The number of thioether (sulfide) groups is 1. The van der Waals surface area contributed by atoms with Crippen LogP contribution in [0.2, 0.25) is 5.02 Å². The Labute approximate surface area is 168 Å². The summed E-state index contributed by atoms with van der Waals surface area (Å²) in [6.45, 7) is 2.03. The molecule has 1 heterocycles. The molecule has 3 aromatic rings. The van der Waals surface area contributed by atoms with Gasteiger partial charge >= 0.3 is 0 Å². The van der Waals surface area contributed by atoms with E-state index in [1.54, 1.807) is 27.7 Å². The van der Waals surface area contributed by atoms with Crippen LogP contribution in [0.1, 0.15) is 24.1 Å². The first-order valence-electron chi connectivity index (χ1n) is 8.57. The van der Waals surface area contributed by atoms with Crippen molar-refractivity contribution in [2.24, 2.45) is 0 Å². The number of amides is 1. The van der Waals surface area contributed by atoms with Crippen molar-refractivity contribution in [3.63, 3.8) is 0 Å². The van der Waals surface area contributed by atoms with E-state index in [1.807, 2.05) is 62.5 Å². The number of carbonyl (C=O) groups excluding carboxylic acids is 1. The number of nitrogens with zero attached hydrogens (tertiary/aromatic N) is 4. The zero-order chi connectivity index (χ0) is 19.2. The summed E-state index contributed by atoms with van der Waals surface area (Å²) in [5.41, 5.74) is 3.14. The highest BCUT2D eigenvalue weighted by molar-refractivity contribution is 7.99. The zero-order valence-corrected chi connectivity index (χ0v) is 16.8. The summed E-state index contributed by atoms with van der Waals surface area (Å²) in [4.78, 5) is 18.3. The molecule has 0 fully saturated rings. The molecule has 27 heavy (non-hydrogen) atoms. The molecule has 7 heteroatoms. The SMILES string of the molecule is C[C@@H](c1ccc(-n2cncn2)cc1)N(C)C(=O)CSCc1cccc(Cl)c1. The number of carbonyl (C=O) groups is 1. The van der Waals surface area contributed by atoms with Crippen molar-refractivity contribution < 1.29 is 4.79 Å². The Kier molecular flexibility index (Phi) is 6.53. The lowest BCUT2D eigenvalue weighted by Gasteiger charge is -2.25. The van der Waals surface area contributed by atoms with Crippen LogP contribution in [0.25, 0.3) is 5.69 Å². The Bertz CT molecular complexity index is 883. The van der Waals surface area contributed by atoms with Crippen LogP contribution in [-0.2, 0) is 10.5 Å². The molecular weight excluding hydrogens is 380 g/mol. The zero-order valence-electron chi connectivity index (χ0n) is 15.2. The Morgan fingerprint density at radius 1 is 1.26 bits per heavy atom. The Hall–Kier alpha value is -2.31. The van der Waals surface area contributed by atoms with Crippen LogP contribution < -0.4 is 0 Å². The van der Waals surface area contributed by atoms with Gasteiger partial charge in [-0.05, 0) is 42.3 Å². The van der Waals surface area contributed by atoms with Crippen molar-refractivity contribution in [3.8, 4) is 5.69 Å². The standard InChI is InChI=1S/C20H21ClN4OS/c1-15(17-6-8-19(9-7-17)25-14-22-13-23-25)24(2)20(26)12-27-11-16-4-3-5-18(21)10-16/h3-10,13-15H,11-12H2,1-2H3/t15-/m0/s1. The Balaban J connectivity index is 1.54. The molecule has 3 rings (SSSR count). The molecule has 0 bridgehead atoms. The fourth-order valence-electron chi connectivity index (χ4n) is 2.67. The molecule has 0 saturated carbocycles. The molecule has 5 nitrogen and oxygen atoms in total. The first-order valence-corrected chi connectivity index (χ1v) is 10.1. The predicted molar refractivity (Wildman–Crippen MR) is 110 cm³/mol. The molecule has 0 radical (unpaired) electrons. The predicted octanol–water partition coefficient (Wildman–Crippen LogP) is 4.37. The van der Waals surface area contributed by atoms with Crippen LogP contribution >= 0.6 is 23.4 Å². The second-order valence-electron chi connectivity index (χ2n) is 6.23. The van der Waals surface area contributed by atoms with Crippen molar-refractivity contribution in [1.29, 1.82) is 0 Å². The number of hydrogen-bond donors (Lipinski definition) is 0. The van der Waals surface area contributed by atoms with Gasteiger partial charge in [0.05, 0.1) is 17.5 Å². The smallest absolute Gasteiger partial charge is 0.232 e. The van der Waals surface area contributed by atoms with Crippen LogP contribution in [0.5, 0.6) is 0 Å². The maximum absolute atomic E-state index is 12.5. The normalized spacial score (nSPS) is 12.0. The maximum Gasteiger partial charge on any atom is 0.232 e.